The second-order valence-electron chi connectivity index (χ2n) is 7.85. The van der Waals surface area contributed by atoms with Crippen LogP contribution in [0.15, 0.2) is 36.4 Å². The lowest BCUT2D eigenvalue weighted by atomic mass is 9.78. The lowest BCUT2D eigenvalue weighted by molar-refractivity contribution is 0.243. The molecule has 0 bridgehead atoms. The van der Waals surface area contributed by atoms with Crippen LogP contribution in [0, 0.1) is 12.8 Å². The average Bonchev–Trinajstić information content (AvgIpc) is 3.11. The Morgan fingerprint density at radius 2 is 1.81 bits per heavy atom. The molecule has 3 heterocycles. The van der Waals surface area contributed by atoms with Gasteiger partial charge >= 0.3 is 0 Å². The molecule has 2 unspecified atom stereocenters. The Kier molecular flexibility index (Phi) is 3.92. The fraction of sp³-hybridized carbons (Fsp3) is 0.455. The molecule has 1 aliphatic heterocycles. The van der Waals surface area contributed by atoms with Gasteiger partial charge in [-0.2, -0.15) is 0 Å². The highest BCUT2D eigenvalue weighted by Gasteiger charge is 2.35. The second kappa shape index (κ2) is 6.42. The van der Waals surface area contributed by atoms with Crippen molar-refractivity contribution in [2.75, 3.05) is 11.4 Å². The first-order valence-corrected chi connectivity index (χ1v) is 9.99. The first-order valence-electron chi connectivity index (χ1n) is 9.99. The monoisotopic (exact) mass is 346 g/mol. The van der Waals surface area contributed by atoms with Crippen LogP contribution in [0.3, 0.4) is 0 Å². The van der Waals surface area contributed by atoms with Crippen molar-refractivity contribution < 1.29 is 0 Å². The summed E-state index contributed by atoms with van der Waals surface area (Å²) < 4.78 is 0. The second-order valence-corrected chi connectivity index (χ2v) is 7.85. The third-order valence-corrected chi connectivity index (χ3v) is 6.17. The highest BCUT2D eigenvalue weighted by atomic mass is 15.2. The number of nitrogens with zero attached hydrogens (tertiary/aromatic N) is 3. The normalized spacial score (nSPS) is 23.2. The minimum Gasteiger partial charge on any atom is -0.352 e. The number of nitrogens with one attached hydrogen (secondary N) is 1. The molecule has 3 aromatic rings. The van der Waals surface area contributed by atoms with Crippen molar-refractivity contribution in [2.24, 2.45) is 5.92 Å². The zero-order valence-electron chi connectivity index (χ0n) is 15.4. The molecular formula is C22H26N4. The molecule has 1 saturated heterocycles. The van der Waals surface area contributed by atoms with Crippen molar-refractivity contribution in [3.05, 3.63) is 42.2 Å². The molecule has 0 radical (unpaired) electrons. The van der Waals surface area contributed by atoms with Crippen LogP contribution in [0.1, 0.15) is 44.3 Å². The number of aromatic amines is 1. The number of rotatable bonds is 2. The molecule has 1 N–H and O–H groups in total. The van der Waals surface area contributed by atoms with Crippen LogP contribution in [0.2, 0.25) is 0 Å². The molecule has 4 nitrogen and oxygen atoms in total. The van der Waals surface area contributed by atoms with Gasteiger partial charge in [0.25, 0.3) is 0 Å². The summed E-state index contributed by atoms with van der Waals surface area (Å²) >= 11 is 0. The number of hydrogen-bond acceptors (Lipinski definition) is 3. The maximum atomic E-state index is 4.91. The van der Waals surface area contributed by atoms with Gasteiger partial charge in [0, 0.05) is 18.3 Å². The molecule has 2 fully saturated rings. The zero-order valence-corrected chi connectivity index (χ0v) is 15.4. The molecule has 5 rings (SSSR count). The van der Waals surface area contributed by atoms with E-state index in [2.05, 4.69) is 46.3 Å². The van der Waals surface area contributed by atoms with Gasteiger partial charge in [0.2, 0.25) is 0 Å². The van der Waals surface area contributed by atoms with Gasteiger partial charge in [-0.15, -0.1) is 0 Å². The summed E-state index contributed by atoms with van der Waals surface area (Å²) in [6.07, 6.45) is 8.10. The predicted molar refractivity (Wildman–Crippen MR) is 106 cm³/mol. The molecule has 2 aromatic heterocycles. The van der Waals surface area contributed by atoms with Gasteiger partial charge < -0.3 is 9.88 Å². The van der Waals surface area contributed by atoms with Crippen molar-refractivity contribution in [1.82, 2.24) is 15.0 Å². The Bertz CT molecular complexity index is 913. The minimum atomic E-state index is 0.651. The van der Waals surface area contributed by atoms with Crippen LogP contribution in [0.5, 0.6) is 0 Å². The summed E-state index contributed by atoms with van der Waals surface area (Å²) in [4.78, 5) is 15.8. The summed E-state index contributed by atoms with van der Waals surface area (Å²) in [5, 5.41) is 0. The van der Waals surface area contributed by atoms with E-state index in [1.54, 1.807) is 0 Å². The van der Waals surface area contributed by atoms with E-state index in [4.69, 9.17) is 9.97 Å². The Hall–Kier alpha value is -2.36. The van der Waals surface area contributed by atoms with Gasteiger partial charge in [-0.3, -0.25) is 0 Å². The van der Waals surface area contributed by atoms with E-state index >= 15 is 0 Å². The summed E-state index contributed by atoms with van der Waals surface area (Å²) in [5.41, 5.74) is 4.45. The lowest BCUT2D eigenvalue weighted by Gasteiger charge is -2.44. The molecule has 1 aromatic carbocycles. The van der Waals surface area contributed by atoms with Gasteiger partial charge in [-0.1, -0.05) is 43.2 Å². The standard InChI is InChI=1S/C22H26N4/c1-15-23-19-14-18(16-8-3-2-4-9-16)25-21(19)22(24-15)26-13-7-11-17-10-5-6-12-20(17)26/h2-4,8-9,14,17,20,25H,5-7,10-13H2,1H3. The first-order chi connectivity index (χ1) is 12.8. The Morgan fingerprint density at radius 1 is 1.00 bits per heavy atom. The molecule has 0 spiro atoms. The number of anilines is 1. The van der Waals surface area contributed by atoms with Crippen LogP contribution in [0.4, 0.5) is 5.82 Å². The average molecular weight is 346 g/mol. The quantitative estimate of drug-likeness (QED) is 0.703. The number of hydrogen-bond donors (Lipinski definition) is 1. The number of benzene rings is 1. The highest BCUT2D eigenvalue weighted by Crippen LogP contribution is 2.39. The minimum absolute atomic E-state index is 0.651. The van der Waals surface area contributed by atoms with E-state index in [1.165, 1.54) is 44.1 Å². The molecule has 2 aliphatic rings. The smallest absolute Gasteiger partial charge is 0.157 e. The third-order valence-electron chi connectivity index (χ3n) is 6.17. The number of piperidine rings is 1. The molecule has 1 aliphatic carbocycles. The number of aromatic nitrogens is 3. The van der Waals surface area contributed by atoms with Crippen LogP contribution in [-0.4, -0.2) is 27.5 Å². The topological polar surface area (TPSA) is 44.8 Å². The van der Waals surface area contributed by atoms with Gasteiger partial charge in [0.1, 0.15) is 11.3 Å². The number of H-pyrrole nitrogens is 1. The molecule has 26 heavy (non-hydrogen) atoms. The van der Waals surface area contributed by atoms with Crippen LogP contribution >= 0.6 is 0 Å². The summed E-state index contributed by atoms with van der Waals surface area (Å²) in [6.45, 7) is 3.13. The van der Waals surface area contributed by atoms with Crippen molar-refractivity contribution in [1.29, 1.82) is 0 Å². The summed E-state index contributed by atoms with van der Waals surface area (Å²) in [7, 11) is 0. The van der Waals surface area contributed by atoms with Crippen molar-refractivity contribution >= 4 is 16.9 Å². The largest absolute Gasteiger partial charge is 0.352 e. The van der Waals surface area contributed by atoms with Gasteiger partial charge in [0.15, 0.2) is 5.82 Å². The maximum Gasteiger partial charge on any atom is 0.157 e. The van der Waals surface area contributed by atoms with Crippen molar-refractivity contribution in [3.63, 3.8) is 0 Å². The van der Waals surface area contributed by atoms with Gasteiger partial charge in [-0.25, -0.2) is 9.97 Å². The first kappa shape index (κ1) is 15.9. The van der Waals surface area contributed by atoms with E-state index in [9.17, 15) is 0 Å². The fourth-order valence-corrected chi connectivity index (χ4v) is 4.98. The summed E-state index contributed by atoms with van der Waals surface area (Å²) in [5.74, 6) is 2.82. The lowest BCUT2D eigenvalue weighted by Crippen LogP contribution is -2.47. The van der Waals surface area contributed by atoms with E-state index in [1.807, 2.05) is 6.92 Å². The maximum absolute atomic E-state index is 4.91. The summed E-state index contributed by atoms with van der Waals surface area (Å²) in [6, 6.07) is 13.3. The molecular weight excluding hydrogens is 320 g/mol. The number of aryl methyl sites for hydroxylation is 1. The molecule has 1 saturated carbocycles. The molecule has 4 heteroatoms. The van der Waals surface area contributed by atoms with Crippen LogP contribution in [-0.2, 0) is 0 Å². The predicted octanol–water partition coefficient (Wildman–Crippen LogP) is 5.09. The third kappa shape index (κ3) is 2.68. The Morgan fingerprint density at radius 3 is 2.69 bits per heavy atom. The van der Waals surface area contributed by atoms with Gasteiger partial charge in [0.05, 0.1) is 5.52 Å². The number of fused-ring (bicyclic) bond motifs is 2. The van der Waals surface area contributed by atoms with E-state index in [0.29, 0.717) is 6.04 Å². The Balaban J connectivity index is 1.61. The van der Waals surface area contributed by atoms with Crippen LogP contribution < -0.4 is 4.90 Å². The molecule has 134 valence electrons. The Labute approximate surface area is 154 Å². The molecule has 2 atom stereocenters. The SMILES string of the molecule is Cc1nc(N2CCCC3CCCCC32)c2[nH]c(-c3ccccc3)cc2n1. The van der Waals surface area contributed by atoms with E-state index in [-0.39, 0.29) is 0 Å². The van der Waals surface area contributed by atoms with Gasteiger partial charge in [-0.05, 0) is 50.2 Å². The van der Waals surface area contributed by atoms with Crippen LogP contribution in [0.25, 0.3) is 22.3 Å². The van der Waals surface area contributed by atoms with E-state index < -0.39 is 0 Å². The molecule has 0 amide bonds. The van der Waals surface area contributed by atoms with E-state index in [0.717, 1.165) is 40.8 Å². The highest BCUT2D eigenvalue weighted by molar-refractivity contribution is 5.91. The van der Waals surface area contributed by atoms with Crippen molar-refractivity contribution in [2.45, 2.75) is 51.5 Å². The zero-order chi connectivity index (χ0) is 17.5. The van der Waals surface area contributed by atoms with Crippen molar-refractivity contribution in [3.8, 4) is 11.3 Å². The fourth-order valence-electron chi connectivity index (χ4n) is 4.98.